The van der Waals surface area contributed by atoms with E-state index in [1.807, 2.05) is 23.6 Å². The molecule has 1 saturated heterocycles. The smallest absolute Gasteiger partial charge is 0.237 e. The van der Waals surface area contributed by atoms with Gasteiger partial charge in [-0.2, -0.15) is 0 Å². The summed E-state index contributed by atoms with van der Waals surface area (Å²) in [4.78, 5) is 26.8. The molecule has 0 saturated carbocycles. The van der Waals surface area contributed by atoms with Gasteiger partial charge in [-0.25, -0.2) is 0 Å². The van der Waals surface area contributed by atoms with Crippen molar-refractivity contribution >= 4 is 23.4 Å². The summed E-state index contributed by atoms with van der Waals surface area (Å²) in [5.41, 5.74) is 0. The minimum absolute atomic E-state index is 0.000267. The van der Waals surface area contributed by atoms with Gasteiger partial charge in [-0.15, -0.1) is 11.6 Å². The SMILES string of the molecule is CC(=O)N(CC1CCCN(C(=O)CCl)C1)C(C)C. The van der Waals surface area contributed by atoms with Crippen molar-refractivity contribution in [2.75, 3.05) is 25.5 Å². The summed E-state index contributed by atoms with van der Waals surface area (Å²) >= 11 is 5.58. The lowest BCUT2D eigenvalue weighted by Crippen LogP contribution is -2.46. The van der Waals surface area contributed by atoms with Crippen LogP contribution in [0.25, 0.3) is 0 Å². The second kappa shape index (κ2) is 6.98. The first-order valence-corrected chi connectivity index (χ1v) is 7.10. The first-order valence-electron chi connectivity index (χ1n) is 6.56. The average molecular weight is 275 g/mol. The lowest BCUT2D eigenvalue weighted by atomic mass is 9.97. The Kier molecular flexibility index (Phi) is 5.93. The van der Waals surface area contributed by atoms with Crippen LogP contribution >= 0.6 is 11.6 Å². The van der Waals surface area contributed by atoms with Gasteiger partial charge in [0.1, 0.15) is 5.88 Å². The van der Waals surface area contributed by atoms with Crippen molar-refractivity contribution in [3.05, 3.63) is 0 Å². The van der Waals surface area contributed by atoms with Gasteiger partial charge in [-0.3, -0.25) is 9.59 Å². The first-order chi connectivity index (χ1) is 8.45. The van der Waals surface area contributed by atoms with E-state index in [0.717, 1.165) is 32.5 Å². The molecule has 5 heteroatoms. The van der Waals surface area contributed by atoms with Crippen molar-refractivity contribution in [1.29, 1.82) is 0 Å². The molecule has 1 rings (SSSR count). The highest BCUT2D eigenvalue weighted by Gasteiger charge is 2.26. The number of likely N-dealkylation sites (tertiary alicyclic amines) is 1. The van der Waals surface area contributed by atoms with Crippen LogP contribution in [0.4, 0.5) is 0 Å². The molecule has 2 amide bonds. The van der Waals surface area contributed by atoms with E-state index in [1.165, 1.54) is 0 Å². The maximum absolute atomic E-state index is 11.6. The van der Waals surface area contributed by atoms with Crippen molar-refractivity contribution in [2.45, 2.75) is 39.7 Å². The largest absolute Gasteiger partial charge is 0.341 e. The zero-order valence-electron chi connectivity index (χ0n) is 11.5. The molecular weight excluding hydrogens is 252 g/mol. The molecule has 0 aromatic rings. The van der Waals surface area contributed by atoms with Gasteiger partial charge >= 0.3 is 0 Å². The van der Waals surface area contributed by atoms with E-state index in [1.54, 1.807) is 6.92 Å². The third-order valence-corrected chi connectivity index (χ3v) is 3.70. The fourth-order valence-electron chi connectivity index (χ4n) is 2.51. The Labute approximate surface area is 114 Å². The molecule has 0 aromatic carbocycles. The predicted molar refractivity (Wildman–Crippen MR) is 72.5 cm³/mol. The summed E-state index contributed by atoms with van der Waals surface area (Å²) in [6.45, 7) is 7.90. The quantitative estimate of drug-likeness (QED) is 0.733. The predicted octanol–water partition coefficient (Wildman–Crippen LogP) is 1.72. The van der Waals surface area contributed by atoms with Crippen molar-refractivity contribution in [3.63, 3.8) is 0 Å². The highest BCUT2D eigenvalue weighted by molar-refractivity contribution is 6.27. The van der Waals surface area contributed by atoms with Crippen molar-refractivity contribution in [1.82, 2.24) is 9.80 Å². The normalized spacial score (nSPS) is 20.1. The standard InChI is InChI=1S/C13H23ClN2O2/c1-10(2)16(11(3)17)9-12-5-4-6-15(8-12)13(18)7-14/h10,12H,4-9H2,1-3H3. The summed E-state index contributed by atoms with van der Waals surface area (Å²) in [5.74, 6) is 0.524. The number of hydrogen-bond acceptors (Lipinski definition) is 2. The van der Waals surface area contributed by atoms with Crippen molar-refractivity contribution in [2.24, 2.45) is 5.92 Å². The number of carbonyl (C=O) groups is 2. The van der Waals surface area contributed by atoms with Crippen LogP contribution in [0.2, 0.25) is 0 Å². The van der Waals surface area contributed by atoms with E-state index in [4.69, 9.17) is 11.6 Å². The molecule has 1 fully saturated rings. The molecule has 1 unspecified atom stereocenters. The van der Waals surface area contributed by atoms with Crippen molar-refractivity contribution < 1.29 is 9.59 Å². The van der Waals surface area contributed by atoms with Crippen LogP contribution in [0.15, 0.2) is 0 Å². The number of nitrogens with zero attached hydrogens (tertiary/aromatic N) is 2. The number of alkyl halides is 1. The Bertz CT molecular complexity index is 307. The molecule has 104 valence electrons. The lowest BCUT2D eigenvalue weighted by molar-refractivity contribution is -0.132. The maximum Gasteiger partial charge on any atom is 0.237 e. The van der Waals surface area contributed by atoms with Crippen LogP contribution in [0.1, 0.15) is 33.6 Å². The molecule has 1 atom stereocenters. The second-order valence-electron chi connectivity index (χ2n) is 5.25. The van der Waals surface area contributed by atoms with Crippen LogP contribution < -0.4 is 0 Å². The van der Waals surface area contributed by atoms with E-state index >= 15 is 0 Å². The monoisotopic (exact) mass is 274 g/mol. The van der Waals surface area contributed by atoms with Gasteiger partial charge in [0.25, 0.3) is 0 Å². The first kappa shape index (κ1) is 15.3. The van der Waals surface area contributed by atoms with Crippen LogP contribution in [-0.2, 0) is 9.59 Å². The summed E-state index contributed by atoms with van der Waals surface area (Å²) in [7, 11) is 0. The van der Waals surface area contributed by atoms with Crippen molar-refractivity contribution in [3.8, 4) is 0 Å². The third kappa shape index (κ3) is 4.16. The number of carbonyl (C=O) groups excluding carboxylic acids is 2. The summed E-state index contributed by atoms with van der Waals surface area (Å²) in [6.07, 6.45) is 2.07. The summed E-state index contributed by atoms with van der Waals surface area (Å²) < 4.78 is 0. The molecule has 1 aliphatic rings. The molecule has 0 N–H and O–H groups in total. The minimum atomic E-state index is 0.000267. The zero-order valence-corrected chi connectivity index (χ0v) is 12.2. The molecule has 0 bridgehead atoms. The van der Waals surface area contributed by atoms with Gasteiger partial charge in [0.2, 0.25) is 11.8 Å². The molecule has 18 heavy (non-hydrogen) atoms. The van der Waals surface area contributed by atoms with Crippen LogP contribution in [0.5, 0.6) is 0 Å². The van der Waals surface area contributed by atoms with E-state index in [-0.39, 0.29) is 23.7 Å². The van der Waals surface area contributed by atoms with Crippen LogP contribution in [0, 0.1) is 5.92 Å². The number of amides is 2. The molecule has 0 spiro atoms. The average Bonchev–Trinajstić information content (AvgIpc) is 2.34. The Morgan fingerprint density at radius 3 is 2.61 bits per heavy atom. The minimum Gasteiger partial charge on any atom is -0.341 e. The van der Waals surface area contributed by atoms with Gasteiger partial charge in [0.15, 0.2) is 0 Å². The van der Waals surface area contributed by atoms with Crippen LogP contribution in [-0.4, -0.2) is 53.2 Å². The molecular formula is C13H23ClN2O2. The van der Waals surface area contributed by atoms with Gasteiger partial charge in [-0.1, -0.05) is 0 Å². The van der Waals surface area contributed by atoms with E-state index in [9.17, 15) is 9.59 Å². The van der Waals surface area contributed by atoms with Crippen LogP contribution in [0.3, 0.4) is 0 Å². The molecule has 1 aliphatic heterocycles. The Balaban J connectivity index is 2.56. The Morgan fingerprint density at radius 2 is 2.11 bits per heavy atom. The third-order valence-electron chi connectivity index (χ3n) is 3.47. The van der Waals surface area contributed by atoms with E-state index in [0.29, 0.717) is 5.92 Å². The lowest BCUT2D eigenvalue weighted by Gasteiger charge is -2.36. The van der Waals surface area contributed by atoms with E-state index in [2.05, 4.69) is 0 Å². The molecule has 0 aromatic heterocycles. The van der Waals surface area contributed by atoms with E-state index < -0.39 is 0 Å². The Hall–Kier alpha value is -0.770. The number of hydrogen-bond donors (Lipinski definition) is 0. The zero-order chi connectivity index (χ0) is 13.7. The summed E-state index contributed by atoms with van der Waals surface area (Å²) in [6, 6.07) is 0.210. The highest BCUT2D eigenvalue weighted by atomic mass is 35.5. The fourth-order valence-corrected chi connectivity index (χ4v) is 2.68. The molecule has 0 radical (unpaired) electrons. The highest BCUT2D eigenvalue weighted by Crippen LogP contribution is 2.19. The maximum atomic E-state index is 11.6. The molecule has 0 aliphatic carbocycles. The van der Waals surface area contributed by atoms with Gasteiger partial charge in [0, 0.05) is 32.6 Å². The van der Waals surface area contributed by atoms with Gasteiger partial charge < -0.3 is 9.80 Å². The van der Waals surface area contributed by atoms with Gasteiger partial charge in [0.05, 0.1) is 0 Å². The summed E-state index contributed by atoms with van der Waals surface area (Å²) in [5, 5.41) is 0. The van der Waals surface area contributed by atoms with Gasteiger partial charge in [-0.05, 0) is 32.6 Å². The Morgan fingerprint density at radius 1 is 1.44 bits per heavy atom. The molecule has 4 nitrogen and oxygen atoms in total. The topological polar surface area (TPSA) is 40.6 Å². The number of piperidine rings is 1. The second-order valence-corrected chi connectivity index (χ2v) is 5.51. The number of rotatable bonds is 4. The number of halogens is 1. The fraction of sp³-hybridized carbons (Fsp3) is 0.846. The molecule has 1 heterocycles.